The molecule has 0 bridgehead atoms. The lowest BCUT2D eigenvalue weighted by molar-refractivity contribution is -0.141. The third-order valence-electron chi connectivity index (χ3n) is 0.680. The molecule has 1 heterocycles. The van der Waals surface area contributed by atoms with Gasteiger partial charge in [0.1, 0.15) is 6.26 Å². The van der Waals surface area contributed by atoms with E-state index < -0.39 is 11.9 Å². The minimum absolute atomic E-state index is 0.500. The van der Waals surface area contributed by atoms with Crippen LogP contribution in [0.3, 0.4) is 0 Å². The van der Waals surface area contributed by atoms with Gasteiger partial charge >= 0.3 is 6.18 Å². The minimum atomic E-state index is -4.41. The van der Waals surface area contributed by atoms with Crippen molar-refractivity contribution in [2.24, 2.45) is 0 Å². The molecule has 1 rings (SSSR count). The monoisotopic (exact) mass is 136 g/mol. The van der Waals surface area contributed by atoms with E-state index in [-0.39, 0.29) is 0 Å². The molecule has 5 heteroatoms. The highest BCUT2D eigenvalue weighted by atomic mass is 19.4. The standard InChI is InChI=1S/C4HF3NO/c5-4(6,7)3-1-9-2-8-3/h1H. The van der Waals surface area contributed by atoms with Gasteiger partial charge < -0.3 is 4.42 Å². The first kappa shape index (κ1) is 6.12. The zero-order valence-electron chi connectivity index (χ0n) is 4.07. The number of oxazole rings is 1. The van der Waals surface area contributed by atoms with E-state index in [4.69, 9.17) is 0 Å². The van der Waals surface area contributed by atoms with Crippen LogP contribution in [0.2, 0.25) is 0 Å². The fourth-order valence-corrected chi connectivity index (χ4v) is 0.314. The van der Waals surface area contributed by atoms with Gasteiger partial charge in [0.05, 0.1) is 0 Å². The number of hydrogen-bond acceptors (Lipinski definition) is 2. The summed E-state index contributed by atoms with van der Waals surface area (Å²) in [6, 6.07) is 0. The van der Waals surface area contributed by atoms with E-state index in [1.54, 1.807) is 6.39 Å². The third kappa shape index (κ3) is 1.22. The maximum Gasteiger partial charge on any atom is 0.436 e. The second kappa shape index (κ2) is 1.75. The molecule has 1 radical (unpaired) electrons. The Labute approximate surface area is 48.3 Å². The smallest absolute Gasteiger partial charge is 0.436 e. The zero-order valence-corrected chi connectivity index (χ0v) is 4.07. The average molecular weight is 136 g/mol. The first-order valence-corrected chi connectivity index (χ1v) is 1.99. The van der Waals surface area contributed by atoms with Gasteiger partial charge in [0.15, 0.2) is 5.69 Å². The Balaban J connectivity index is 2.90. The van der Waals surface area contributed by atoms with Crippen LogP contribution >= 0.6 is 0 Å². The van der Waals surface area contributed by atoms with E-state index >= 15 is 0 Å². The molecule has 2 nitrogen and oxygen atoms in total. The Morgan fingerprint density at radius 1 is 1.56 bits per heavy atom. The SMILES string of the molecule is FC(F)(F)c1co[c]n1. The van der Waals surface area contributed by atoms with Crippen LogP contribution in [0.15, 0.2) is 10.7 Å². The van der Waals surface area contributed by atoms with E-state index in [0.29, 0.717) is 6.26 Å². The van der Waals surface area contributed by atoms with Crippen LogP contribution < -0.4 is 0 Å². The summed E-state index contributed by atoms with van der Waals surface area (Å²) in [4.78, 5) is 2.77. The molecule has 49 valence electrons. The van der Waals surface area contributed by atoms with E-state index in [9.17, 15) is 13.2 Å². The summed E-state index contributed by atoms with van der Waals surface area (Å²) >= 11 is 0. The van der Waals surface area contributed by atoms with Crippen molar-refractivity contribution < 1.29 is 17.6 Å². The van der Waals surface area contributed by atoms with Crippen molar-refractivity contribution in [3.05, 3.63) is 18.4 Å². The highest BCUT2D eigenvalue weighted by Crippen LogP contribution is 2.26. The maximum atomic E-state index is 11.5. The van der Waals surface area contributed by atoms with E-state index in [1.165, 1.54) is 0 Å². The topological polar surface area (TPSA) is 26.0 Å². The summed E-state index contributed by atoms with van der Waals surface area (Å²) in [6.07, 6.45) is -2.22. The molecule has 0 amide bonds. The first-order valence-electron chi connectivity index (χ1n) is 1.99. The molecule has 9 heavy (non-hydrogen) atoms. The molecular formula is C4HF3NO. The summed E-state index contributed by atoms with van der Waals surface area (Å²) in [5.41, 5.74) is -1.05. The minimum Gasteiger partial charge on any atom is -0.440 e. The lowest BCUT2D eigenvalue weighted by Crippen LogP contribution is -2.04. The van der Waals surface area contributed by atoms with Crippen molar-refractivity contribution >= 4 is 0 Å². The number of alkyl halides is 3. The number of halogens is 3. The van der Waals surface area contributed by atoms with Gasteiger partial charge in [0.2, 0.25) is 0 Å². The number of hydrogen-bond donors (Lipinski definition) is 0. The Morgan fingerprint density at radius 3 is 2.44 bits per heavy atom. The molecule has 0 fully saturated rings. The number of aromatic nitrogens is 1. The van der Waals surface area contributed by atoms with Crippen LogP contribution in [0.4, 0.5) is 13.2 Å². The summed E-state index contributed by atoms with van der Waals surface area (Å²) in [5.74, 6) is 0. The second-order valence-electron chi connectivity index (χ2n) is 1.32. The van der Waals surface area contributed by atoms with Crippen molar-refractivity contribution in [3.8, 4) is 0 Å². The van der Waals surface area contributed by atoms with Crippen LogP contribution in [0, 0.1) is 6.39 Å². The molecule has 0 aliphatic carbocycles. The second-order valence-corrected chi connectivity index (χ2v) is 1.32. The molecule has 1 aromatic heterocycles. The predicted octanol–water partition coefficient (Wildman–Crippen LogP) is 1.49. The normalized spacial score (nSPS) is 11.9. The summed E-state index contributed by atoms with van der Waals surface area (Å²) in [7, 11) is 0. The highest BCUT2D eigenvalue weighted by Gasteiger charge is 2.33. The Hall–Kier alpha value is -1.00. The van der Waals surface area contributed by atoms with Gasteiger partial charge in [0, 0.05) is 0 Å². The predicted molar refractivity (Wildman–Crippen MR) is 20.3 cm³/mol. The van der Waals surface area contributed by atoms with Crippen LogP contribution in [0.1, 0.15) is 5.69 Å². The Kier molecular flexibility index (Phi) is 1.19. The van der Waals surface area contributed by atoms with Crippen molar-refractivity contribution in [2.45, 2.75) is 6.18 Å². The van der Waals surface area contributed by atoms with Gasteiger partial charge in [-0.25, -0.2) is 4.98 Å². The summed E-state index contributed by atoms with van der Waals surface area (Å²) in [6.45, 7) is 0. The van der Waals surface area contributed by atoms with Crippen LogP contribution in [-0.4, -0.2) is 4.98 Å². The largest absolute Gasteiger partial charge is 0.440 e. The van der Waals surface area contributed by atoms with Gasteiger partial charge in [-0.3, -0.25) is 0 Å². The van der Waals surface area contributed by atoms with Gasteiger partial charge in [-0.2, -0.15) is 13.2 Å². The number of rotatable bonds is 0. The van der Waals surface area contributed by atoms with Crippen molar-refractivity contribution in [1.29, 1.82) is 0 Å². The van der Waals surface area contributed by atoms with E-state index in [2.05, 4.69) is 9.40 Å². The lowest BCUT2D eigenvalue weighted by Gasteiger charge is -1.97. The molecule has 0 aliphatic rings. The van der Waals surface area contributed by atoms with Crippen molar-refractivity contribution in [1.82, 2.24) is 4.98 Å². The Morgan fingerprint density at radius 2 is 2.22 bits per heavy atom. The molecule has 0 atom stereocenters. The number of nitrogens with zero attached hydrogens (tertiary/aromatic N) is 1. The quantitative estimate of drug-likeness (QED) is 0.540. The van der Waals surface area contributed by atoms with Gasteiger partial charge in [0.25, 0.3) is 6.39 Å². The summed E-state index contributed by atoms with van der Waals surface area (Å²) in [5, 5.41) is 0. The first-order chi connectivity index (χ1) is 4.11. The fourth-order valence-electron chi connectivity index (χ4n) is 0.314. The third-order valence-corrected chi connectivity index (χ3v) is 0.680. The van der Waals surface area contributed by atoms with Crippen LogP contribution in [0.25, 0.3) is 0 Å². The molecule has 1 aromatic rings. The molecule has 0 saturated carbocycles. The molecule has 0 saturated heterocycles. The van der Waals surface area contributed by atoms with Crippen LogP contribution in [-0.2, 0) is 6.18 Å². The van der Waals surface area contributed by atoms with E-state index in [0.717, 1.165) is 0 Å². The lowest BCUT2D eigenvalue weighted by atomic mass is 10.5. The molecule has 0 unspecified atom stereocenters. The molecular weight excluding hydrogens is 135 g/mol. The zero-order chi connectivity index (χ0) is 6.91. The van der Waals surface area contributed by atoms with E-state index in [1.807, 2.05) is 0 Å². The maximum absolute atomic E-state index is 11.5. The fraction of sp³-hybridized carbons (Fsp3) is 0.250. The average Bonchev–Trinajstić information content (AvgIpc) is 2.08. The molecule has 0 aromatic carbocycles. The van der Waals surface area contributed by atoms with Crippen LogP contribution in [0.5, 0.6) is 0 Å². The molecule has 0 aliphatic heterocycles. The van der Waals surface area contributed by atoms with Gasteiger partial charge in [-0.15, -0.1) is 0 Å². The van der Waals surface area contributed by atoms with Gasteiger partial charge in [-0.1, -0.05) is 0 Å². The highest BCUT2D eigenvalue weighted by molar-refractivity contribution is 4.95. The van der Waals surface area contributed by atoms with Crippen molar-refractivity contribution in [3.63, 3.8) is 0 Å². The molecule has 0 N–H and O–H groups in total. The van der Waals surface area contributed by atoms with Gasteiger partial charge in [-0.05, 0) is 0 Å². The Bertz CT molecular complexity index is 178. The van der Waals surface area contributed by atoms with Crippen molar-refractivity contribution in [2.75, 3.05) is 0 Å². The summed E-state index contributed by atoms with van der Waals surface area (Å²) < 4.78 is 38.4. The molecule has 0 spiro atoms.